The van der Waals surface area contributed by atoms with E-state index < -0.39 is 0 Å². The van der Waals surface area contributed by atoms with E-state index in [0.717, 1.165) is 28.8 Å². The van der Waals surface area contributed by atoms with Crippen LogP contribution in [0, 0.1) is 5.92 Å². The van der Waals surface area contributed by atoms with E-state index >= 15 is 0 Å². The summed E-state index contributed by atoms with van der Waals surface area (Å²) in [6, 6.07) is 13.3. The van der Waals surface area contributed by atoms with Crippen LogP contribution in [-0.2, 0) is 11.3 Å². The van der Waals surface area contributed by atoms with Gasteiger partial charge in [0.15, 0.2) is 11.0 Å². The number of para-hydroxylation sites is 1. The minimum Gasteiger partial charge on any atom is -0.325 e. The van der Waals surface area contributed by atoms with Crippen molar-refractivity contribution in [1.82, 2.24) is 19.7 Å². The van der Waals surface area contributed by atoms with Crippen molar-refractivity contribution in [2.45, 2.75) is 37.7 Å². The molecular weight excluding hydrogens is 358 g/mol. The van der Waals surface area contributed by atoms with Gasteiger partial charge in [-0.05, 0) is 37.1 Å². The number of amides is 1. The first-order valence-electron chi connectivity index (χ1n) is 8.90. The quantitative estimate of drug-likeness (QED) is 0.623. The van der Waals surface area contributed by atoms with Gasteiger partial charge in [0.05, 0.1) is 5.25 Å². The lowest BCUT2D eigenvalue weighted by Crippen LogP contribution is -2.23. The molecule has 27 heavy (non-hydrogen) atoms. The smallest absolute Gasteiger partial charge is 0.237 e. The van der Waals surface area contributed by atoms with Crippen LogP contribution in [0.4, 0.5) is 5.69 Å². The van der Waals surface area contributed by atoms with E-state index in [9.17, 15) is 4.79 Å². The van der Waals surface area contributed by atoms with E-state index in [1.165, 1.54) is 11.8 Å². The lowest BCUT2D eigenvalue weighted by molar-refractivity contribution is -0.115. The van der Waals surface area contributed by atoms with Gasteiger partial charge in [-0.15, -0.1) is 10.2 Å². The molecule has 7 heteroatoms. The summed E-state index contributed by atoms with van der Waals surface area (Å²) in [7, 11) is 0. The Morgan fingerprint density at radius 3 is 2.56 bits per heavy atom. The molecule has 0 saturated heterocycles. The molecule has 3 aromatic rings. The van der Waals surface area contributed by atoms with Gasteiger partial charge in [0, 0.05) is 30.2 Å². The van der Waals surface area contributed by atoms with E-state index in [0.29, 0.717) is 5.92 Å². The topological polar surface area (TPSA) is 72.7 Å². The molecule has 1 amide bonds. The SMILES string of the molecule is CC(C)Cn1c(S[C@@H](C)C(=O)Nc2ccccc2)nnc1-c1cccnc1. The van der Waals surface area contributed by atoms with Gasteiger partial charge < -0.3 is 9.88 Å². The number of aromatic nitrogens is 4. The molecule has 1 N–H and O–H groups in total. The molecule has 0 aliphatic carbocycles. The molecule has 0 bridgehead atoms. The highest BCUT2D eigenvalue weighted by molar-refractivity contribution is 8.00. The number of nitrogens with one attached hydrogen (secondary N) is 1. The molecule has 3 rings (SSSR count). The first-order chi connectivity index (χ1) is 13.0. The van der Waals surface area contributed by atoms with Crippen LogP contribution >= 0.6 is 11.8 Å². The molecule has 0 fully saturated rings. The zero-order valence-corrected chi connectivity index (χ0v) is 16.5. The third-order valence-electron chi connectivity index (χ3n) is 3.88. The molecule has 0 unspecified atom stereocenters. The summed E-state index contributed by atoms with van der Waals surface area (Å²) in [5.74, 6) is 1.13. The number of benzene rings is 1. The lowest BCUT2D eigenvalue weighted by atomic mass is 10.2. The van der Waals surface area contributed by atoms with Crippen LogP contribution in [-0.4, -0.2) is 30.9 Å². The molecule has 0 radical (unpaired) electrons. The van der Waals surface area contributed by atoms with Crippen molar-refractivity contribution in [2.24, 2.45) is 5.92 Å². The van der Waals surface area contributed by atoms with Gasteiger partial charge in [-0.1, -0.05) is 43.8 Å². The second-order valence-corrected chi connectivity index (χ2v) is 7.98. The Morgan fingerprint density at radius 2 is 1.89 bits per heavy atom. The molecule has 0 aliphatic heterocycles. The molecule has 1 atom stereocenters. The molecule has 140 valence electrons. The molecule has 6 nitrogen and oxygen atoms in total. The van der Waals surface area contributed by atoms with Crippen LogP contribution in [0.25, 0.3) is 11.4 Å². The third kappa shape index (κ3) is 4.95. The van der Waals surface area contributed by atoms with Gasteiger partial charge in [0.2, 0.25) is 5.91 Å². The van der Waals surface area contributed by atoms with Gasteiger partial charge in [0.1, 0.15) is 0 Å². The molecule has 0 saturated carbocycles. The summed E-state index contributed by atoms with van der Waals surface area (Å²) >= 11 is 1.41. The van der Waals surface area contributed by atoms with Crippen molar-refractivity contribution in [3.63, 3.8) is 0 Å². The minimum absolute atomic E-state index is 0.0618. The Kier molecular flexibility index (Phi) is 6.24. The summed E-state index contributed by atoms with van der Waals surface area (Å²) < 4.78 is 2.07. The average molecular weight is 382 g/mol. The van der Waals surface area contributed by atoms with E-state index in [-0.39, 0.29) is 11.2 Å². The molecule has 2 aromatic heterocycles. The fourth-order valence-corrected chi connectivity index (χ4v) is 3.45. The van der Waals surface area contributed by atoms with E-state index in [4.69, 9.17) is 0 Å². The Morgan fingerprint density at radius 1 is 1.11 bits per heavy atom. The van der Waals surface area contributed by atoms with Gasteiger partial charge >= 0.3 is 0 Å². The second-order valence-electron chi connectivity index (χ2n) is 6.67. The highest BCUT2D eigenvalue weighted by atomic mass is 32.2. The maximum atomic E-state index is 12.5. The zero-order chi connectivity index (χ0) is 19.2. The zero-order valence-electron chi connectivity index (χ0n) is 15.7. The number of rotatable bonds is 7. The number of hydrogen-bond donors (Lipinski definition) is 1. The van der Waals surface area contributed by atoms with Crippen LogP contribution in [0.15, 0.2) is 60.0 Å². The summed E-state index contributed by atoms with van der Waals surface area (Å²) in [6.45, 7) is 6.94. The van der Waals surface area contributed by atoms with Gasteiger partial charge in [-0.25, -0.2) is 0 Å². The van der Waals surface area contributed by atoms with Gasteiger partial charge in [-0.2, -0.15) is 0 Å². The molecular formula is C20H23N5OS. The van der Waals surface area contributed by atoms with Crippen molar-refractivity contribution < 1.29 is 4.79 Å². The van der Waals surface area contributed by atoms with Crippen molar-refractivity contribution in [2.75, 3.05) is 5.32 Å². The predicted molar refractivity (Wildman–Crippen MR) is 108 cm³/mol. The van der Waals surface area contributed by atoms with Crippen LogP contribution in [0.1, 0.15) is 20.8 Å². The van der Waals surface area contributed by atoms with Crippen LogP contribution in [0.2, 0.25) is 0 Å². The number of pyridine rings is 1. The summed E-state index contributed by atoms with van der Waals surface area (Å²) in [4.78, 5) is 16.7. The van der Waals surface area contributed by atoms with Gasteiger partial charge in [-0.3, -0.25) is 9.78 Å². The molecule has 2 heterocycles. The Bertz CT molecular complexity index is 880. The largest absolute Gasteiger partial charge is 0.325 e. The van der Waals surface area contributed by atoms with Crippen LogP contribution in [0.5, 0.6) is 0 Å². The lowest BCUT2D eigenvalue weighted by Gasteiger charge is -2.15. The summed E-state index contributed by atoms with van der Waals surface area (Å²) in [5.41, 5.74) is 1.70. The van der Waals surface area contributed by atoms with E-state index in [1.807, 2.05) is 49.4 Å². The van der Waals surface area contributed by atoms with Crippen molar-refractivity contribution >= 4 is 23.4 Å². The maximum absolute atomic E-state index is 12.5. The summed E-state index contributed by atoms with van der Waals surface area (Å²) in [6.07, 6.45) is 3.51. The number of carbonyl (C=O) groups is 1. The molecule has 0 aliphatic rings. The minimum atomic E-state index is -0.304. The molecule has 0 spiro atoms. The Labute approximate surface area is 163 Å². The number of thioether (sulfide) groups is 1. The number of carbonyl (C=O) groups excluding carboxylic acids is 1. The third-order valence-corrected chi connectivity index (χ3v) is 4.96. The first-order valence-corrected chi connectivity index (χ1v) is 9.78. The monoisotopic (exact) mass is 381 g/mol. The standard InChI is InChI=1S/C20H23N5OS/c1-14(2)13-25-18(16-8-7-11-21-12-16)23-24-20(25)27-15(3)19(26)22-17-9-5-4-6-10-17/h4-12,14-15H,13H2,1-3H3,(H,22,26)/t15-/m0/s1. The van der Waals surface area contributed by atoms with Crippen LogP contribution in [0.3, 0.4) is 0 Å². The highest BCUT2D eigenvalue weighted by Gasteiger charge is 2.21. The van der Waals surface area contributed by atoms with Crippen molar-refractivity contribution in [1.29, 1.82) is 0 Å². The summed E-state index contributed by atoms with van der Waals surface area (Å²) in [5, 5.41) is 12.1. The molecule has 1 aromatic carbocycles. The fourth-order valence-electron chi connectivity index (χ4n) is 2.59. The van der Waals surface area contributed by atoms with E-state index in [1.54, 1.807) is 12.4 Å². The van der Waals surface area contributed by atoms with E-state index in [2.05, 4.69) is 38.9 Å². The fraction of sp³-hybridized carbons (Fsp3) is 0.300. The van der Waals surface area contributed by atoms with Gasteiger partial charge in [0.25, 0.3) is 0 Å². The normalized spacial score (nSPS) is 12.1. The number of nitrogens with zero attached hydrogens (tertiary/aromatic N) is 4. The Hall–Kier alpha value is -2.67. The number of hydrogen-bond acceptors (Lipinski definition) is 5. The maximum Gasteiger partial charge on any atom is 0.237 e. The second kappa shape index (κ2) is 8.81. The first kappa shape index (κ1) is 19.1. The van der Waals surface area contributed by atoms with Crippen molar-refractivity contribution in [3.8, 4) is 11.4 Å². The highest BCUT2D eigenvalue weighted by Crippen LogP contribution is 2.28. The van der Waals surface area contributed by atoms with Crippen molar-refractivity contribution in [3.05, 3.63) is 54.9 Å². The van der Waals surface area contributed by atoms with Crippen LogP contribution < -0.4 is 5.32 Å². The number of anilines is 1. The average Bonchev–Trinajstić information content (AvgIpc) is 3.05. The Balaban J connectivity index is 1.79. The predicted octanol–water partition coefficient (Wildman–Crippen LogP) is 4.12.